The van der Waals surface area contributed by atoms with Crippen LogP contribution in [0.1, 0.15) is 18.9 Å². The van der Waals surface area contributed by atoms with Crippen LogP contribution < -0.4 is 0 Å². The van der Waals surface area contributed by atoms with Crippen molar-refractivity contribution in [2.75, 3.05) is 0 Å². The number of rotatable bonds is 2. The molecule has 11 heavy (non-hydrogen) atoms. The van der Waals surface area contributed by atoms with E-state index in [1.807, 2.05) is 30.3 Å². The Kier molecular flexibility index (Phi) is 2.84. The van der Waals surface area contributed by atoms with Crippen molar-refractivity contribution in [3.8, 4) is 0 Å². The molecule has 0 N–H and O–H groups in total. The SMILES string of the molecule is CC/C(F)=C/c1ccccc1. The quantitative estimate of drug-likeness (QED) is 0.606. The molecular weight excluding hydrogens is 139 g/mol. The van der Waals surface area contributed by atoms with Crippen molar-refractivity contribution in [1.82, 2.24) is 0 Å². The van der Waals surface area contributed by atoms with E-state index < -0.39 is 0 Å². The molecule has 1 heteroatoms. The number of allylic oxidation sites excluding steroid dienone is 1. The van der Waals surface area contributed by atoms with E-state index in [1.165, 1.54) is 0 Å². The minimum absolute atomic E-state index is 0.0730. The van der Waals surface area contributed by atoms with Crippen LogP contribution in [-0.2, 0) is 0 Å². The fourth-order valence-electron chi connectivity index (χ4n) is 0.832. The minimum Gasteiger partial charge on any atom is -0.212 e. The highest BCUT2D eigenvalue weighted by Crippen LogP contribution is 2.09. The van der Waals surface area contributed by atoms with Gasteiger partial charge >= 0.3 is 0 Å². The fourth-order valence-corrected chi connectivity index (χ4v) is 0.832. The van der Waals surface area contributed by atoms with Crippen LogP contribution in [0.15, 0.2) is 36.2 Å². The van der Waals surface area contributed by atoms with Gasteiger partial charge in [-0.15, -0.1) is 0 Å². The van der Waals surface area contributed by atoms with Gasteiger partial charge in [-0.2, -0.15) is 0 Å². The molecule has 1 rings (SSSR count). The van der Waals surface area contributed by atoms with Crippen LogP contribution in [0.4, 0.5) is 4.39 Å². The van der Waals surface area contributed by atoms with Gasteiger partial charge in [-0.25, -0.2) is 4.39 Å². The molecule has 0 nitrogen and oxygen atoms in total. The fraction of sp³-hybridized carbons (Fsp3) is 0.200. The van der Waals surface area contributed by atoms with E-state index in [1.54, 1.807) is 13.0 Å². The van der Waals surface area contributed by atoms with Crippen LogP contribution in [0.2, 0.25) is 0 Å². The predicted molar refractivity (Wildman–Crippen MR) is 45.8 cm³/mol. The normalized spacial score (nSPS) is 11.6. The summed E-state index contributed by atoms with van der Waals surface area (Å²) >= 11 is 0. The molecule has 1 aromatic rings. The number of hydrogen-bond acceptors (Lipinski definition) is 0. The summed E-state index contributed by atoms with van der Waals surface area (Å²) in [6.07, 6.45) is 2.02. The monoisotopic (exact) mass is 150 g/mol. The van der Waals surface area contributed by atoms with E-state index in [9.17, 15) is 4.39 Å². The van der Waals surface area contributed by atoms with Crippen LogP contribution in [0.3, 0.4) is 0 Å². The van der Waals surface area contributed by atoms with Crippen LogP contribution >= 0.6 is 0 Å². The topological polar surface area (TPSA) is 0 Å². The van der Waals surface area contributed by atoms with Crippen molar-refractivity contribution in [2.24, 2.45) is 0 Å². The first-order valence-electron chi connectivity index (χ1n) is 3.74. The molecule has 0 aliphatic carbocycles. The van der Waals surface area contributed by atoms with Gasteiger partial charge in [-0.3, -0.25) is 0 Å². The Bertz CT molecular complexity index is 236. The van der Waals surface area contributed by atoms with Crippen molar-refractivity contribution in [2.45, 2.75) is 13.3 Å². The summed E-state index contributed by atoms with van der Waals surface area (Å²) in [6.45, 7) is 1.80. The van der Waals surface area contributed by atoms with Crippen molar-refractivity contribution in [3.05, 3.63) is 41.7 Å². The summed E-state index contributed by atoms with van der Waals surface area (Å²) < 4.78 is 12.7. The molecule has 0 spiro atoms. The summed E-state index contributed by atoms with van der Waals surface area (Å²) in [5, 5.41) is 0. The first-order chi connectivity index (χ1) is 5.33. The average molecular weight is 150 g/mol. The predicted octanol–water partition coefficient (Wildman–Crippen LogP) is 3.41. The van der Waals surface area contributed by atoms with E-state index in [0.29, 0.717) is 6.42 Å². The van der Waals surface area contributed by atoms with Gasteiger partial charge in [0.2, 0.25) is 0 Å². The van der Waals surface area contributed by atoms with Gasteiger partial charge < -0.3 is 0 Å². The molecule has 1 aromatic carbocycles. The smallest absolute Gasteiger partial charge is 0.100 e. The lowest BCUT2D eigenvalue weighted by Gasteiger charge is -1.92. The van der Waals surface area contributed by atoms with Gasteiger partial charge in [0.05, 0.1) is 0 Å². The van der Waals surface area contributed by atoms with Gasteiger partial charge in [0.25, 0.3) is 0 Å². The minimum atomic E-state index is -0.0730. The van der Waals surface area contributed by atoms with Crippen molar-refractivity contribution in [1.29, 1.82) is 0 Å². The summed E-state index contributed by atoms with van der Waals surface area (Å²) in [7, 11) is 0. The van der Waals surface area contributed by atoms with Crippen molar-refractivity contribution in [3.63, 3.8) is 0 Å². The summed E-state index contributed by atoms with van der Waals surface area (Å²) in [4.78, 5) is 0. The lowest BCUT2D eigenvalue weighted by Crippen LogP contribution is -1.72. The Labute approximate surface area is 66.4 Å². The van der Waals surface area contributed by atoms with Gasteiger partial charge in [-0.1, -0.05) is 37.3 Å². The maximum Gasteiger partial charge on any atom is 0.100 e. The third kappa shape index (κ3) is 2.54. The molecule has 0 aliphatic heterocycles. The lowest BCUT2D eigenvalue weighted by molar-refractivity contribution is 0.612. The molecular formula is C10H11F. The van der Waals surface area contributed by atoms with E-state index in [0.717, 1.165) is 5.56 Å². The zero-order valence-corrected chi connectivity index (χ0v) is 6.55. The maximum absolute atomic E-state index is 12.7. The van der Waals surface area contributed by atoms with E-state index in [2.05, 4.69) is 0 Å². The molecule has 0 saturated heterocycles. The van der Waals surface area contributed by atoms with Gasteiger partial charge in [0.15, 0.2) is 0 Å². The highest BCUT2D eigenvalue weighted by Gasteiger charge is 1.89. The Morgan fingerprint density at radius 2 is 2.00 bits per heavy atom. The second-order valence-electron chi connectivity index (χ2n) is 2.36. The van der Waals surface area contributed by atoms with E-state index in [4.69, 9.17) is 0 Å². The van der Waals surface area contributed by atoms with Crippen LogP contribution in [0, 0.1) is 0 Å². The van der Waals surface area contributed by atoms with Crippen LogP contribution in [0.5, 0.6) is 0 Å². The molecule has 0 fully saturated rings. The van der Waals surface area contributed by atoms with Crippen LogP contribution in [-0.4, -0.2) is 0 Å². The summed E-state index contributed by atoms with van der Waals surface area (Å²) in [6, 6.07) is 9.48. The largest absolute Gasteiger partial charge is 0.212 e. The molecule has 0 heterocycles. The summed E-state index contributed by atoms with van der Waals surface area (Å²) in [5.41, 5.74) is 0.923. The van der Waals surface area contributed by atoms with Crippen molar-refractivity contribution >= 4 is 6.08 Å². The molecule has 0 amide bonds. The Morgan fingerprint density at radius 1 is 1.36 bits per heavy atom. The highest BCUT2D eigenvalue weighted by atomic mass is 19.1. The third-order valence-electron chi connectivity index (χ3n) is 1.46. The Balaban J connectivity index is 2.79. The average Bonchev–Trinajstić information content (AvgIpc) is 2.06. The van der Waals surface area contributed by atoms with Crippen LogP contribution in [0.25, 0.3) is 6.08 Å². The standard InChI is InChI=1S/C10H11F/c1-2-10(11)8-9-6-4-3-5-7-9/h3-8H,2H2,1H3/b10-8-. The van der Waals surface area contributed by atoms with Gasteiger partial charge in [0.1, 0.15) is 5.83 Å². The third-order valence-corrected chi connectivity index (χ3v) is 1.46. The number of halogens is 1. The summed E-state index contributed by atoms with van der Waals surface area (Å²) in [5.74, 6) is -0.0730. The molecule has 0 bridgehead atoms. The lowest BCUT2D eigenvalue weighted by atomic mass is 10.2. The second-order valence-corrected chi connectivity index (χ2v) is 2.36. The molecule has 0 aromatic heterocycles. The van der Waals surface area contributed by atoms with E-state index >= 15 is 0 Å². The van der Waals surface area contributed by atoms with E-state index in [-0.39, 0.29) is 5.83 Å². The zero-order chi connectivity index (χ0) is 8.10. The first-order valence-corrected chi connectivity index (χ1v) is 3.74. The maximum atomic E-state index is 12.7. The Morgan fingerprint density at radius 3 is 2.55 bits per heavy atom. The van der Waals surface area contributed by atoms with Gasteiger partial charge in [0, 0.05) is 0 Å². The molecule has 0 aliphatic rings. The first kappa shape index (κ1) is 7.99. The Hall–Kier alpha value is -1.11. The molecule has 0 saturated carbocycles. The highest BCUT2D eigenvalue weighted by molar-refractivity contribution is 5.50. The second kappa shape index (κ2) is 3.91. The molecule has 0 radical (unpaired) electrons. The van der Waals surface area contributed by atoms with Gasteiger partial charge in [-0.05, 0) is 18.1 Å². The number of benzene rings is 1. The molecule has 0 unspecified atom stereocenters. The molecule has 0 atom stereocenters. The number of hydrogen-bond donors (Lipinski definition) is 0. The van der Waals surface area contributed by atoms with Crippen molar-refractivity contribution < 1.29 is 4.39 Å². The zero-order valence-electron chi connectivity index (χ0n) is 6.55. The molecule has 58 valence electrons.